The van der Waals surface area contributed by atoms with Gasteiger partial charge < -0.3 is 10.2 Å². The molecule has 0 radical (unpaired) electrons. The van der Waals surface area contributed by atoms with E-state index in [1.807, 2.05) is 36.1 Å². The van der Waals surface area contributed by atoms with Crippen molar-refractivity contribution in [1.82, 2.24) is 10.2 Å². The van der Waals surface area contributed by atoms with Crippen LogP contribution in [0.1, 0.15) is 67.3 Å². The molecule has 136 valence electrons. The van der Waals surface area contributed by atoms with Crippen LogP contribution in [-0.2, 0) is 4.79 Å². The lowest BCUT2D eigenvalue weighted by atomic mass is 9.95. The predicted octanol–water partition coefficient (Wildman–Crippen LogP) is 3.69. The van der Waals surface area contributed by atoms with Gasteiger partial charge in [-0.2, -0.15) is 0 Å². The van der Waals surface area contributed by atoms with Crippen LogP contribution in [0.2, 0.25) is 0 Å². The van der Waals surface area contributed by atoms with Gasteiger partial charge in [0.1, 0.15) is 0 Å². The maximum absolute atomic E-state index is 12.7. The SMILES string of the molecule is Cc1cccc(C(=O)N2CCC[C@H](C(=O)NC3CCCCCC3)C2)c1. The number of nitrogens with one attached hydrogen (secondary N) is 1. The minimum Gasteiger partial charge on any atom is -0.353 e. The van der Waals surface area contributed by atoms with Gasteiger partial charge in [-0.05, 0) is 44.7 Å². The number of rotatable bonds is 3. The third-order valence-corrected chi connectivity index (χ3v) is 5.55. The number of likely N-dealkylation sites (tertiary alicyclic amines) is 1. The molecule has 1 aliphatic carbocycles. The Morgan fingerprint density at radius 2 is 1.80 bits per heavy atom. The molecule has 4 heteroatoms. The number of aryl methyl sites for hydroxylation is 1. The fraction of sp³-hybridized carbons (Fsp3) is 0.619. The standard InChI is InChI=1S/C21H30N2O2/c1-16-8-6-9-17(14-16)21(25)23-13-7-10-18(15-23)20(24)22-19-11-4-2-3-5-12-19/h6,8-9,14,18-19H,2-5,7,10-13,15H2,1H3,(H,22,24)/t18-/m0/s1. The fourth-order valence-electron chi connectivity index (χ4n) is 4.08. The molecular formula is C21H30N2O2. The summed E-state index contributed by atoms with van der Waals surface area (Å²) in [7, 11) is 0. The van der Waals surface area contributed by atoms with Crippen molar-refractivity contribution in [2.75, 3.05) is 13.1 Å². The van der Waals surface area contributed by atoms with E-state index in [4.69, 9.17) is 0 Å². The molecule has 1 atom stereocenters. The molecule has 0 unspecified atom stereocenters. The van der Waals surface area contributed by atoms with Crippen LogP contribution in [0.15, 0.2) is 24.3 Å². The molecule has 1 saturated heterocycles. The lowest BCUT2D eigenvalue weighted by molar-refractivity contribution is -0.127. The first-order valence-corrected chi connectivity index (χ1v) is 9.80. The highest BCUT2D eigenvalue weighted by atomic mass is 16.2. The third-order valence-electron chi connectivity index (χ3n) is 5.55. The van der Waals surface area contributed by atoms with Crippen molar-refractivity contribution in [1.29, 1.82) is 0 Å². The molecule has 1 aliphatic heterocycles. The monoisotopic (exact) mass is 342 g/mol. The van der Waals surface area contributed by atoms with Crippen molar-refractivity contribution >= 4 is 11.8 Å². The normalized spacial score (nSPS) is 22.3. The van der Waals surface area contributed by atoms with Crippen LogP contribution in [0, 0.1) is 12.8 Å². The average molecular weight is 342 g/mol. The number of amides is 2. The van der Waals surface area contributed by atoms with Gasteiger partial charge in [0.25, 0.3) is 5.91 Å². The second-order valence-electron chi connectivity index (χ2n) is 7.66. The van der Waals surface area contributed by atoms with E-state index in [0.717, 1.165) is 43.4 Å². The van der Waals surface area contributed by atoms with E-state index in [0.29, 0.717) is 12.6 Å². The fourth-order valence-corrected chi connectivity index (χ4v) is 4.08. The zero-order valence-electron chi connectivity index (χ0n) is 15.3. The first-order chi connectivity index (χ1) is 12.1. The van der Waals surface area contributed by atoms with Gasteiger partial charge in [-0.25, -0.2) is 0 Å². The lowest BCUT2D eigenvalue weighted by Gasteiger charge is -2.33. The van der Waals surface area contributed by atoms with Gasteiger partial charge in [0, 0.05) is 24.7 Å². The number of carbonyl (C=O) groups is 2. The number of hydrogen-bond donors (Lipinski definition) is 1. The van der Waals surface area contributed by atoms with Crippen LogP contribution in [0.3, 0.4) is 0 Å². The molecule has 1 aromatic rings. The van der Waals surface area contributed by atoms with Gasteiger partial charge in [0.2, 0.25) is 5.91 Å². The number of piperidine rings is 1. The maximum atomic E-state index is 12.7. The molecule has 4 nitrogen and oxygen atoms in total. The molecule has 1 aromatic carbocycles. The summed E-state index contributed by atoms with van der Waals surface area (Å²) in [5, 5.41) is 3.26. The van der Waals surface area contributed by atoms with Crippen LogP contribution >= 0.6 is 0 Å². The number of nitrogens with zero attached hydrogens (tertiary/aromatic N) is 1. The van der Waals surface area contributed by atoms with E-state index < -0.39 is 0 Å². The number of carbonyl (C=O) groups excluding carboxylic acids is 2. The zero-order chi connectivity index (χ0) is 17.6. The Labute approximate surface area is 151 Å². The molecule has 1 heterocycles. The zero-order valence-corrected chi connectivity index (χ0v) is 15.3. The van der Waals surface area contributed by atoms with E-state index >= 15 is 0 Å². The second kappa shape index (κ2) is 8.50. The smallest absolute Gasteiger partial charge is 0.253 e. The van der Waals surface area contributed by atoms with Crippen molar-refractivity contribution in [2.24, 2.45) is 5.92 Å². The summed E-state index contributed by atoms with van der Waals surface area (Å²) >= 11 is 0. The van der Waals surface area contributed by atoms with Crippen molar-refractivity contribution in [3.8, 4) is 0 Å². The highest BCUT2D eigenvalue weighted by Gasteiger charge is 2.30. The van der Waals surface area contributed by atoms with Crippen molar-refractivity contribution in [2.45, 2.75) is 64.3 Å². The summed E-state index contributed by atoms with van der Waals surface area (Å²) in [4.78, 5) is 27.3. The largest absolute Gasteiger partial charge is 0.353 e. The Bertz CT molecular complexity index is 606. The molecule has 0 aromatic heterocycles. The summed E-state index contributed by atoms with van der Waals surface area (Å²) < 4.78 is 0. The molecule has 2 fully saturated rings. The van der Waals surface area contributed by atoms with Gasteiger partial charge in [-0.3, -0.25) is 9.59 Å². The van der Waals surface area contributed by atoms with Crippen LogP contribution in [0.25, 0.3) is 0 Å². The van der Waals surface area contributed by atoms with Crippen molar-refractivity contribution < 1.29 is 9.59 Å². The quantitative estimate of drug-likeness (QED) is 0.852. The third kappa shape index (κ3) is 4.83. The predicted molar refractivity (Wildman–Crippen MR) is 99.4 cm³/mol. The highest BCUT2D eigenvalue weighted by molar-refractivity contribution is 5.95. The van der Waals surface area contributed by atoms with E-state index in [1.54, 1.807) is 0 Å². The Kier molecular flexibility index (Phi) is 6.11. The Balaban J connectivity index is 1.58. The van der Waals surface area contributed by atoms with Crippen LogP contribution < -0.4 is 5.32 Å². The Hall–Kier alpha value is -1.84. The molecule has 2 aliphatic rings. The van der Waals surface area contributed by atoms with Crippen molar-refractivity contribution in [3.05, 3.63) is 35.4 Å². The summed E-state index contributed by atoms with van der Waals surface area (Å²) in [6.45, 7) is 3.29. The Morgan fingerprint density at radius 3 is 2.52 bits per heavy atom. The molecular weight excluding hydrogens is 312 g/mol. The molecule has 25 heavy (non-hydrogen) atoms. The van der Waals surface area contributed by atoms with Crippen LogP contribution in [0.4, 0.5) is 0 Å². The highest BCUT2D eigenvalue weighted by Crippen LogP contribution is 2.22. The van der Waals surface area contributed by atoms with Crippen LogP contribution in [-0.4, -0.2) is 35.8 Å². The van der Waals surface area contributed by atoms with E-state index in [-0.39, 0.29) is 17.7 Å². The molecule has 3 rings (SSSR count). The maximum Gasteiger partial charge on any atom is 0.253 e. The summed E-state index contributed by atoms with van der Waals surface area (Å²) in [5.74, 6) is 0.134. The Morgan fingerprint density at radius 1 is 1.04 bits per heavy atom. The first-order valence-electron chi connectivity index (χ1n) is 9.80. The average Bonchev–Trinajstić information content (AvgIpc) is 2.90. The lowest BCUT2D eigenvalue weighted by Crippen LogP contribution is -2.47. The number of benzene rings is 1. The molecule has 1 saturated carbocycles. The van der Waals surface area contributed by atoms with Gasteiger partial charge in [0.05, 0.1) is 5.92 Å². The minimum absolute atomic E-state index is 0.0515. The molecule has 1 N–H and O–H groups in total. The van der Waals surface area contributed by atoms with E-state index in [1.165, 1.54) is 25.7 Å². The van der Waals surface area contributed by atoms with Gasteiger partial charge in [-0.15, -0.1) is 0 Å². The van der Waals surface area contributed by atoms with E-state index in [9.17, 15) is 9.59 Å². The van der Waals surface area contributed by atoms with Crippen molar-refractivity contribution in [3.63, 3.8) is 0 Å². The first kappa shape index (κ1) is 18.0. The minimum atomic E-state index is -0.0641. The topological polar surface area (TPSA) is 49.4 Å². The molecule has 2 amide bonds. The number of hydrogen-bond acceptors (Lipinski definition) is 2. The van der Waals surface area contributed by atoms with Gasteiger partial charge >= 0.3 is 0 Å². The van der Waals surface area contributed by atoms with Crippen LogP contribution in [0.5, 0.6) is 0 Å². The van der Waals surface area contributed by atoms with Gasteiger partial charge in [0.15, 0.2) is 0 Å². The van der Waals surface area contributed by atoms with Gasteiger partial charge in [-0.1, -0.05) is 43.4 Å². The second-order valence-corrected chi connectivity index (χ2v) is 7.66. The summed E-state index contributed by atoms with van der Waals surface area (Å²) in [5.41, 5.74) is 1.82. The molecule has 0 spiro atoms. The molecule has 0 bridgehead atoms. The summed E-state index contributed by atoms with van der Waals surface area (Å²) in [6, 6.07) is 8.04. The summed E-state index contributed by atoms with van der Waals surface area (Å²) in [6.07, 6.45) is 9.00. The van der Waals surface area contributed by atoms with E-state index in [2.05, 4.69) is 5.32 Å².